The number of amides is 2. The molecule has 1 fully saturated rings. The van der Waals surface area contributed by atoms with Crippen LogP contribution in [0.25, 0.3) is 11.3 Å². The summed E-state index contributed by atoms with van der Waals surface area (Å²) < 4.78 is 13.2. The van der Waals surface area contributed by atoms with Crippen molar-refractivity contribution in [3.8, 4) is 11.3 Å². The van der Waals surface area contributed by atoms with Gasteiger partial charge in [-0.2, -0.15) is 4.39 Å². The number of hydrogen-bond acceptors (Lipinski definition) is 4. The highest BCUT2D eigenvalue weighted by Gasteiger charge is 2.25. The number of piperazine rings is 1. The Kier molecular flexibility index (Phi) is 4.37. The maximum Gasteiger partial charge on any atom is 0.407 e. The molecule has 0 unspecified atom stereocenters. The van der Waals surface area contributed by atoms with Crippen molar-refractivity contribution in [2.24, 2.45) is 0 Å². The molecule has 0 aromatic carbocycles. The van der Waals surface area contributed by atoms with Gasteiger partial charge >= 0.3 is 6.09 Å². The summed E-state index contributed by atoms with van der Waals surface area (Å²) in [6.45, 7) is 1.19. The fraction of sp³-hybridized carbons (Fsp3) is 0.250. The largest absolute Gasteiger partial charge is 0.465 e. The predicted molar refractivity (Wildman–Crippen MR) is 82.9 cm³/mol. The first-order chi connectivity index (χ1) is 11.5. The van der Waals surface area contributed by atoms with E-state index in [0.717, 1.165) is 0 Å². The van der Waals surface area contributed by atoms with Crippen molar-refractivity contribution in [1.29, 1.82) is 0 Å². The minimum Gasteiger partial charge on any atom is -0.465 e. The van der Waals surface area contributed by atoms with Crippen molar-refractivity contribution >= 4 is 12.0 Å². The average Bonchev–Trinajstić information content (AvgIpc) is 2.61. The van der Waals surface area contributed by atoms with E-state index in [0.29, 0.717) is 24.3 Å². The molecule has 3 heterocycles. The number of carbonyl (C=O) groups excluding carboxylic acids is 1. The van der Waals surface area contributed by atoms with Crippen LogP contribution in [-0.4, -0.2) is 63.1 Å². The van der Waals surface area contributed by atoms with Gasteiger partial charge in [0.2, 0.25) is 5.95 Å². The van der Waals surface area contributed by atoms with Crippen LogP contribution < -0.4 is 0 Å². The Bertz CT molecular complexity index is 775. The summed E-state index contributed by atoms with van der Waals surface area (Å²) in [4.78, 5) is 34.1. The second-order valence-electron chi connectivity index (χ2n) is 5.34. The van der Waals surface area contributed by atoms with E-state index < -0.39 is 12.0 Å². The highest BCUT2D eigenvalue weighted by Crippen LogP contribution is 2.18. The number of rotatable bonds is 2. The number of nitrogens with zero attached hydrogens (tertiary/aromatic N) is 4. The van der Waals surface area contributed by atoms with Gasteiger partial charge in [0.1, 0.15) is 5.69 Å². The molecular weight excluding hydrogens is 315 g/mol. The first-order valence-corrected chi connectivity index (χ1v) is 7.41. The Labute approximate surface area is 137 Å². The molecule has 124 valence electrons. The van der Waals surface area contributed by atoms with Gasteiger partial charge in [-0.3, -0.25) is 4.79 Å². The molecule has 1 N–H and O–H groups in total. The van der Waals surface area contributed by atoms with E-state index in [4.69, 9.17) is 5.11 Å². The summed E-state index contributed by atoms with van der Waals surface area (Å²) in [7, 11) is 0. The molecule has 0 atom stereocenters. The van der Waals surface area contributed by atoms with Crippen molar-refractivity contribution in [2.45, 2.75) is 0 Å². The third kappa shape index (κ3) is 3.32. The van der Waals surface area contributed by atoms with E-state index in [1.165, 1.54) is 17.2 Å². The van der Waals surface area contributed by atoms with Crippen molar-refractivity contribution in [1.82, 2.24) is 19.8 Å². The van der Waals surface area contributed by atoms with Crippen LogP contribution in [0.3, 0.4) is 0 Å². The lowest BCUT2D eigenvalue weighted by atomic mass is 10.1. The molecule has 2 aromatic rings. The van der Waals surface area contributed by atoms with Crippen LogP contribution in [0.2, 0.25) is 0 Å². The van der Waals surface area contributed by atoms with Crippen LogP contribution in [0.5, 0.6) is 0 Å². The van der Waals surface area contributed by atoms with Crippen molar-refractivity contribution in [3.05, 3.63) is 48.2 Å². The summed E-state index contributed by atoms with van der Waals surface area (Å²) in [6, 6.07) is 7.83. The molecule has 0 spiro atoms. The summed E-state index contributed by atoms with van der Waals surface area (Å²) in [6.07, 6.45) is 0.355. The molecule has 8 heteroatoms. The number of halogens is 1. The minimum atomic E-state index is -0.984. The zero-order valence-corrected chi connectivity index (χ0v) is 12.7. The molecule has 0 aliphatic carbocycles. The van der Waals surface area contributed by atoms with Crippen LogP contribution in [0.4, 0.5) is 9.18 Å². The molecule has 1 aliphatic rings. The van der Waals surface area contributed by atoms with Crippen molar-refractivity contribution < 1.29 is 19.1 Å². The monoisotopic (exact) mass is 330 g/mol. The van der Waals surface area contributed by atoms with Crippen LogP contribution in [0.15, 0.2) is 36.5 Å². The van der Waals surface area contributed by atoms with Gasteiger partial charge in [-0.25, -0.2) is 14.8 Å². The van der Waals surface area contributed by atoms with E-state index in [9.17, 15) is 14.0 Å². The highest BCUT2D eigenvalue weighted by molar-refractivity contribution is 5.93. The van der Waals surface area contributed by atoms with E-state index in [1.807, 2.05) is 0 Å². The minimum absolute atomic E-state index is 0.244. The zero-order valence-electron chi connectivity index (χ0n) is 12.7. The maximum atomic E-state index is 13.2. The summed E-state index contributed by atoms with van der Waals surface area (Å²) in [5.41, 5.74) is 1.26. The van der Waals surface area contributed by atoms with Crippen molar-refractivity contribution in [3.63, 3.8) is 0 Å². The van der Waals surface area contributed by atoms with Crippen LogP contribution in [-0.2, 0) is 0 Å². The fourth-order valence-corrected chi connectivity index (χ4v) is 2.54. The lowest BCUT2D eigenvalue weighted by Gasteiger charge is -2.32. The summed E-state index contributed by atoms with van der Waals surface area (Å²) >= 11 is 0. The van der Waals surface area contributed by atoms with E-state index in [2.05, 4.69) is 9.97 Å². The van der Waals surface area contributed by atoms with Gasteiger partial charge in [0.05, 0.1) is 5.69 Å². The number of carbonyl (C=O) groups is 2. The van der Waals surface area contributed by atoms with Crippen LogP contribution >= 0.6 is 0 Å². The predicted octanol–water partition coefficient (Wildman–Crippen LogP) is 1.72. The Morgan fingerprint density at radius 1 is 1.08 bits per heavy atom. The molecule has 0 radical (unpaired) electrons. The molecular formula is C16H15FN4O3. The average molecular weight is 330 g/mol. The lowest BCUT2D eigenvalue weighted by Crippen LogP contribution is -2.50. The summed E-state index contributed by atoms with van der Waals surface area (Å²) in [5, 5.41) is 8.94. The zero-order chi connectivity index (χ0) is 17.1. The third-order valence-corrected chi connectivity index (χ3v) is 3.83. The topological polar surface area (TPSA) is 86.6 Å². The molecule has 24 heavy (non-hydrogen) atoms. The second-order valence-corrected chi connectivity index (χ2v) is 5.34. The molecule has 1 aliphatic heterocycles. The number of pyridine rings is 2. The first kappa shape index (κ1) is 15.9. The molecule has 3 rings (SSSR count). The SMILES string of the molecule is O=C(O)N1CCN(C(=O)c2cccc(-c3ccnc(F)c3)n2)CC1. The Hall–Kier alpha value is -3.03. The van der Waals surface area contributed by atoms with Crippen molar-refractivity contribution in [2.75, 3.05) is 26.2 Å². The standard InChI is InChI=1S/C16H15FN4O3/c17-14-10-11(4-5-18-14)12-2-1-3-13(19-12)15(22)20-6-8-21(9-7-20)16(23)24/h1-5,10H,6-9H2,(H,23,24). The third-order valence-electron chi connectivity index (χ3n) is 3.83. The molecule has 0 saturated carbocycles. The van der Waals surface area contributed by atoms with E-state index >= 15 is 0 Å². The summed E-state index contributed by atoms with van der Waals surface area (Å²) in [5.74, 6) is -0.882. The molecule has 1 saturated heterocycles. The normalized spacial score (nSPS) is 14.5. The Balaban J connectivity index is 1.77. The first-order valence-electron chi connectivity index (χ1n) is 7.41. The van der Waals surface area contributed by atoms with E-state index in [1.54, 1.807) is 29.2 Å². The Morgan fingerprint density at radius 3 is 2.46 bits per heavy atom. The van der Waals surface area contributed by atoms with Gasteiger partial charge in [0.15, 0.2) is 0 Å². The number of aromatic nitrogens is 2. The quantitative estimate of drug-likeness (QED) is 0.847. The van der Waals surface area contributed by atoms with Gasteiger partial charge in [-0.05, 0) is 18.2 Å². The Morgan fingerprint density at radius 2 is 1.79 bits per heavy atom. The van der Waals surface area contributed by atoms with E-state index in [-0.39, 0.29) is 24.7 Å². The van der Waals surface area contributed by atoms with Gasteiger partial charge in [-0.15, -0.1) is 0 Å². The van der Waals surface area contributed by atoms with Gasteiger partial charge in [0, 0.05) is 44.0 Å². The van der Waals surface area contributed by atoms with Crippen LogP contribution in [0, 0.1) is 5.95 Å². The highest BCUT2D eigenvalue weighted by atomic mass is 19.1. The molecule has 7 nitrogen and oxygen atoms in total. The second kappa shape index (κ2) is 6.61. The van der Waals surface area contributed by atoms with Gasteiger partial charge < -0.3 is 14.9 Å². The fourth-order valence-electron chi connectivity index (χ4n) is 2.54. The molecule has 0 bridgehead atoms. The number of carboxylic acid groups (broad SMARTS) is 1. The molecule has 2 aromatic heterocycles. The maximum absolute atomic E-state index is 13.2. The smallest absolute Gasteiger partial charge is 0.407 e. The van der Waals surface area contributed by atoms with Gasteiger partial charge in [0.25, 0.3) is 5.91 Å². The number of hydrogen-bond donors (Lipinski definition) is 1. The lowest BCUT2D eigenvalue weighted by molar-refractivity contribution is 0.0619. The molecule has 2 amide bonds. The van der Waals surface area contributed by atoms with Gasteiger partial charge in [-0.1, -0.05) is 6.07 Å². The van der Waals surface area contributed by atoms with Crippen LogP contribution in [0.1, 0.15) is 10.5 Å².